The average molecular weight is 254 g/mol. The molecule has 0 bridgehead atoms. The number of halogens is 1. The summed E-state index contributed by atoms with van der Waals surface area (Å²) in [5, 5.41) is 4.19. The third-order valence-electron chi connectivity index (χ3n) is 3.44. The maximum absolute atomic E-state index is 6.08. The molecular formula is C14H20ClNO. The molecule has 94 valence electrons. The molecule has 1 aromatic carbocycles. The van der Waals surface area contributed by atoms with Crippen molar-refractivity contribution >= 4 is 11.6 Å². The zero-order chi connectivity index (χ0) is 12.3. The highest BCUT2D eigenvalue weighted by molar-refractivity contribution is 6.31. The number of ether oxygens (including phenoxy) is 1. The Morgan fingerprint density at radius 2 is 2.35 bits per heavy atom. The number of rotatable bonds is 4. The van der Waals surface area contributed by atoms with E-state index < -0.39 is 0 Å². The van der Waals surface area contributed by atoms with Crippen LogP contribution in [0.4, 0.5) is 0 Å². The van der Waals surface area contributed by atoms with Crippen molar-refractivity contribution in [2.75, 3.05) is 13.1 Å². The van der Waals surface area contributed by atoms with Crippen LogP contribution < -0.4 is 10.1 Å². The van der Waals surface area contributed by atoms with Crippen LogP contribution in [0, 0.1) is 12.8 Å². The summed E-state index contributed by atoms with van der Waals surface area (Å²) in [6.07, 6.45) is 2.57. The van der Waals surface area contributed by atoms with Gasteiger partial charge < -0.3 is 10.1 Å². The molecule has 3 heteroatoms. The van der Waals surface area contributed by atoms with E-state index in [0.29, 0.717) is 12.0 Å². The normalized spacial score (nSPS) is 21.5. The molecule has 0 radical (unpaired) electrons. The number of hydrogen-bond acceptors (Lipinski definition) is 2. The van der Waals surface area contributed by atoms with Crippen LogP contribution in [0.15, 0.2) is 18.2 Å². The standard InChI is InChI=1S/C14H20ClNO/c1-3-14(11-6-7-16-9-11)17-12-4-5-13(15)10(2)8-12/h4-5,8,11,14,16H,3,6-7,9H2,1-2H3/t11-,14+/m0/s1. The van der Waals surface area contributed by atoms with Gasteiger partial charge in [0.2, 0.25) is 0 Å². The van der Waals surface area contributed by atoms with Crippen LogP contribution >= 0.6 is 11.6 Å². The molecule has 2 rings (SSSR count). The maximum atomic E-state index is 6.08. The molecule has 0 saturated carbocycles. The summed E-state index contributed by atoms with van der Waals surface area (Å²) in [6, 6.07) is 5.89. The first kappa shape index (κ1) is 12.7. The van der Waals surface area contributed by atoms with Gasteiger partial charge in [0.05, 0.1) is 0 Å². The predicted molar refractivity (Wildman–Crippen MR) is 71.9 cm³/mol. The van der Waals surface area contributed by atoms with Gasteiger partial charge >= 0.3 is 0 Å². The Labute approximate surface area is 108 Å². The van der Waals surface area contributed by atoms with Gasteiger partial charge in [0.15, 0.2) is 0 Å². The highest BCUT2D eigenvalue weighted by Gasteiger charge is 2.25. The first-order valence-corrected chi connectivity index (χ1v) is 6.72. The molecule has 2 nitrogen and oxygen atoms in total. The fourth-order valence-electron chi connectivity index (χ4n) is 2.37. The fraction of sp³-hybridized carbons (Fsp3) is 0.571. The third-order valence-corrected chi connectivity index (χ3v) is 3.87. The number of aryl methyl sites for hydroxylation is 1. The minimum Gasteiger partial charge on any atom is -0.490 e. The second-order valence-corrected chi connectivity index (χ2v) is 5.14. The molecule has 1 saturated heterocycles. The highest BCUT2D eigenvalue weighted by Crippen LogP contribution is 2.25. The summed E-state index contributed by atoms with van der Waals surface area (Å²) in [5.74, 6) is 1.57. The zero-order valence-corrected chi connectivity index (χ0v) is 11.3. The molecule has 1 fully saturated rings. The molecule has 0 aliphatic carbocycles. The molecule has 0 amide bonds. The van der Waals surface area contributed by atoms with Gasteiger partial charge in [-0.2, -0.15) is 0 Å². The lowest BCUT2D eigenvalue weighted by molar-refractivity contribution is 0.138. The number of hydrogen-bond donors (Lipinski definition) is 1. The Bertz CT molecular complexity index is 374. The summed E-state index contributed by atoms with van der Waals surface area (Å²) < 4.78 is 6.08. The molecule has 0 spiro atoms. The summed E-state index contributed by atoms with van der Waals surface area (Å²) in [7, 11) is 0. The second-order valence-electron chi connectivity index (χ2n) is 4.73. The van der Waals surface area contributed by atoms with Crippen molar-refractivity contribution in [3.8, 4) is 5.75 Å². The van der Waals surface area contributed by atoms with E-state index in [0.717, 1.165) is 35.8 Å². The number of benzene rings is 1. The summed E-state index contributed by atoms with van der Waals surface area (Å²) in [5.41, 5.74) is 1.07. The zero-order valence-electron chi connectivity index (χ0n) is 10.5. The van der Waals surface area contributed by atoms with E-state index in [2.05, 4.69) is 12.2 Å². The molecule has 0 unspecified atom stereocenters. The first-order valence-electron chi connectivity index (χ1n) is 6.34. The van der Waals surface area contributed by atoms with Crippen molar-refractivity contribution in [1.29, 1.82) is 0 Å². The van der Waals surface area contributed by atoms with E-state index >= 15 is 0 Å². The van der Waals surface area contributed by atoms with E-state index in [1.54, 1.807) is 0 Å². The monoisotopic (exact) mass is 253 g/mol. The van der Waals surface area contributed by atoms with Crippen LogP contribution in [0.5, 0.6) is 5.75 Å². The molecule has 1 aliphatic rings. The van der Waals surface area contributed by atoms with Crippen molar-refractivity contribution < 1.29 is 4.74 Å². The van der Waals surface area contributed by atoms with E-state index in [1.165, 1.54) is 6.42 Å². The maximum Gasteiger partial charge on any atom is 0.120 e. The summed E-state index contributed by atoms with van der Waals surface area (Å²) in [4.78, 5) is 0. The molecule has 17 heavy (non-hydrogen) atoms. The summed E-state index contributed by atoms with van der Waals surface area (Å²) in [6.45, 7) is 6.38. The largest absolute Gasteiger partial charge is 0.490 e. The van der Waals surface area contributed by atoms with Crippen LogP contribution in [-0.4, -0.2) is 19.2 Å². The van der Waals surface area contributed by atoms with E-state index in [-0.39, 0.29) is 0 Å². The highest BCUT2D eigenvalue weighted by atomic mass is 35.5. The van der Waals surface area contributed by atoms with Crippen LogP contribution in [0.2, 0.25) is 5.02 Å². The van der Waals surface area contributed by atoms with Gasteiger partial charge in [-0.1, -0.05) is 18.5 Å². The summed E-state index contributed by atoms with van der Waals surface area (Å²) >= 11 is 6.01. The Morgan fingerprint density at radius 3 is 2.94 bits per heavy atom. The second kappa shape index (κ2) is 5.74. The topological polar surface area (TPSA) is 21.3 Å². The molecule has 1 heterocycles. The van der Waals surface area contributed by atoms with Crippen molar-refractivity contribution in [2.24, 2.45) is 5.92 Å². The average Bonchev–Trinajstić information content (AvgIpc) is 2.84. The van der Waals surface area contributed by atoms with Crippen molar-refractivity contribution in [1.82, 2.24) is 5.32 Å². The van der Waals surface area contributed by atoms with Gasteiger partial charge in [0, 0.05) is 17.5 Å². The third kappa shape index (κ3) is 3.14. The van der Waals surface area contributed by atoms with Crippen molar-refractivity contribution in [3.63, 3.8) is 0 Å². The van der Waals surface area contributed by atoms with Crippen LogP contribution in [0.1, 0.15) is 25.3 Å². The molecule has 2 atom stereocenters. The Morgan fingerprint density at radius 1 is 1.53 bits per heavy atom. The Kier molecular flexibility index (Phi) is 4.30. The first-order chi connectivity index (χ1) is 8.20. The van der Waals surface area contributed by atoms with Gasteiger partial charge in [0.25, 0.3) is 0 Å². The van der Waals surface area contributed by atoms with Crippen LogP contribution in [0.25, 0.3) is 0 Å². The van der Waals surface area contributed by atoms with Gasteiger partial charge in [0.1, 0.15) is 11.9 Å². The minimum atomic E-state index is 0.311. The van der Waals surface area contributed by atoms with Gasteiger partial charge in [-0.3, -0.25) is 0 Å². The van der Waals surface area contributed by atoms with E-state index in [4.69, 9.17) is 16.3 Å². The van der Waals surface area contributed by atoms with Crippen LogP contribution in [0.3, 0.4) is 0 Å². The van der Waals surface area contributed by atoms with Crippen LogP contribution in [-0.2, 0) is 0 Å². The van der Waals surface area contributed by atoms with Gasteiger partial charge in [-0.05, 0) is 50.1 Å². The minimum absolute atomic E-state index is 0.311. The molecule has 0 aromatic heterocycles. The Balaban J connectivity index is 2.04. The fourth-order valence-corrected chi connectivity index (χ4v) is 2.49. The SMILES string of the molecule is CC[C@@H](Oc1ccc(Cl)c(C)c1)[C@H]1CCNC1. The lowest BCUT2D eigenvalue weighted by atomic mass is 9.99. The van der Waals surface area contributed by atoms with Crippen molar-refractivity contribution in [3.05, 3.63) is 28.8 Å². The molecule has 1 aliphatic heterocycles. The number of nitrogens with one attached hydrogen (secondary N) is 1. The van der Waals surface area contributed by atoms with Gasteiger partial charge in [-0.15, -0.1) is 0 Å². The lowest BCUT2D eigenvalue weighted by Crippen LogP contribution is -2.28. The molecule has 1 aromatic rings. The lowest BCUT2D eigenvalue weighted by Gasteiger charge is -2.23. The smallest absolute Gasteiger partial charge is 0.120 e. The Hall–Kier alpha value is -0.730. The van der Waals surface area contributed by atoms with Crippen molar-refractivity contribution in [2.45, 2.75) is 32.8 Å². The predicted octanol–water partition coefficient (Wildman–Crippen LogP) is 3.42. The van der Waals surface area contributed by atoms with Gasteiger partial charge in [-0.25, -0.2) is 0 Å². The van der Waals surface area contributed by atoms with E-state index in [9.17, 15) is 0 Å². The quantitative estimate of drug-likeness (QED) is 0.888. The molecular weight excluding hydrogens is 234 g/mol. The molecule has 1 N–H and O–H groups in total. The van der Waals surface area contributed by atoms with E-state index in [1.807, 2.05) is 25.1 Å².